The van der Waals surface area contributed by atoms with Gasteiger partial charge in [0.2, 0.25) is 0 Å². The summed E-state index contributed by atoms with van der Waals surface area (Å²) >= 11 is 0. The highest BCUT2D eigenvalue weighted by Crippen LogP contribution is 2.43. The van der Waals surface area contributed by atoms with Crippen molar-refractivity contribution in [3.8, 4) is 0 Å². The van der Waals surface area contributed by atoms with Crippen LogP contribution in [0.4, 0.5) is 11.4 Å². The molecule has 0 aliphatic carbocycles. The average Bonchev–Trinajstić information content (AvgIpc) is 3.31. The van der Waals surface area contributed by atoms with Crippen molar-refractivity contribution in [3.63, 3.8) is 0 Å². The van der Waals surface area contributed by atoms with Crippen LogP contribution in [-0.4, -0.2) is 21.7 Å². The number of Topliss-reactive ketones (excluding diaryl/α,β-unsaturated/α-hetero) is 1. The van der Waals surface area contributed by atoms with Crippen LogP contribution in [-0.2, 0) is 9.59 Å². The summed E-state index contributed by atoms with van der Waals surface area (Å²) in [6.45, 7) is 5.49. The molecule has 0 bridgehead atoms. The largest absolute Gasteiger partial charge is 0.507 e. The monoisotopic (exact) mass is 432 g/mol. The molecule has 1 aliphatic rings. The second-order valence-electron chi connectivity index (χ2n) is 7.64. The van der Waals surface area contributed by atoms with Crippen LogP contribution in [0.1, 0.15) is 34.3 Å². The standard InChI is InChI=1S/C24H20N2O6/c1-13-5-4-6-18(15(13)3)25-21(19-12-7-14(2)32-19)20(23(28)24(25)29)22(27)16-8-10-17(11-9-16)26(30)31/h4-12,21,27H,1-3H3/b22-20-. The number of nitrogens with zero attached hydrogens (tertiary/aromatic N) is 2. The van der Waals surface area contributed by atoms with E-state index in [1.807, 2.05) is 19.9 Å². The Bertz CT molecular complexity index is 1290. The molecule has 1 atom stereocenters. The van der Waals surface area contributed by atoms with Crippen LogP contribution >= 0.6 is 0 Å². The molecule has 8 heteroatoms. The average molecular weight is 432 g/mol. The lowest BCUT2D eigenvalue weighted by atomic mass is 9.98. The van der Waals surface area contributed by atoms with Gasteiger partial charge in [-0.2, -0.15) is 0 Å². The molecule has 32 heavy (non-hydrogen) atoms. The summed E-state index contributed by atoms with van der Waals surface area (Å²) in [6, 6.07) is 12.9. The Morgan fingerprint density at radius 2 is 1.72 bits per heavy atom. The summed E-state index contributed by atoms with van der Waals surface area (Å²) < 4.78 is 5.77. The van der Waals surface area contributed by atoms with Gasteiger partial charge < -0.3 is 9.52 Å². The van der Waals surface area contributed by atoms with Crippen LogP contribution in [0.5, 0.6) is 0 Å². The smallest absolute Gasteiger partial charge is 0.300 e. The Labute approximate surface area is 183 Å². The molecule has 1 amide bonds. The molecule has 1 aromatic heterocycles. The highest BCUT2D eigenvalue weighted by Gasteiger charge is 2.48. The first-order valence-corrected chi connectivity index (χ1v) is 9.89. The molecule has 8 nitrogen and oxygen atoms in total. The number of hydrogen-bond acceptors (Lipinski definition) is 6. The van der Waals surface area contributed by atoms with Crippen molar-refractivity contribution in [2.75, 3.05) is 4.90 Å². The maximum atomic E-state index is 13.1. The molecular formula is C24H20N2O6. The quantitative estimate of drug-likeness (QED) is 0.209. The molecule has 0 spiro atoms. The van der Waals surface area contributed by atoms with E-state index >= 15 is 0 Å². The number of non-ortho nitro benzene ring substituents is 1. The lowest BCUT2D eigenvalue weighted by Crippen LogP contribution is -2.30. The highest BCUT2D eigenvalue weighted by molar-refractivity contribution is 6.51. The number of aryl methyl sites for hydroxylation is 2. The summed E-state index contributed by atoms with van der Waals surface area (Å²) in [7, 11) is 0. The number of rotatable bonds is 4. The van der Waals surface area contributed by atoms with Gasteiger partial charge in [0.15, 0.2) is 0 Å². The van der Waals surface area contributed by atoms with E-state index in [1.54, 1.807) is 31.2 Å². The second-order valence-corrected chi connectivity index (χ2v) is 7.64. The summed E-state index contributed by atoms with van der Waals surface area (Å²) in [5.74, 6) is -1.17. The molecule has 162 valence electrons. The Hall–Kier alpha value is -4.20. The first-order valence-electron chi connectivity index (χ1n) is 9.89. The van der Waals surface area contributed by atoms with Gasteiger partial charge in [-0.05, 0) is 62.2 Å². The number of nitro groups is 1. The van der Waals surface area contributed by atoms with Crippen LogP contribution in [0.3, 0.4) is 0 Å². The lowest BCUT2D eigenvalue weighted by Gasteiger charge is -2.25. The Morgan fingerprint density at radius 1 is 1.03 bits per heavy atom. The molecule has 3 aromatic rings. The number of carbonyl (C=O) groups is 2. The van der Waals surface area contributed by atoms with Gasteiger partial charge in [0.05, 0.1) is 10.5 Å². The minimum atomic E-state index is -0.987. The van der Waals surface area contributed by atoms with Gasteiger partial charge in [0.1, 0.15) is 23.3 Å². The van der Waals surface area contributed by atoms with Gasteiger partial charge in [-0.3, -0.25) is 24.6 Å². The first-order chi connectivity index (χ1) is 15.2. The van der Waals surface area contributed by atoms with E-state index in [0.717, 1.165) is 11.1 Å². The number of amides is 1. The predicted molar refractivity (Wildman–Crippen MR) is 117 cm³/mol. The maximum absolute atomic E-state index is 13.1. The third-order valence-electron chi connectivity index (χ3n) is 5.66. The van der Waals surface area contributed by atoms with E-state index in [-0.39, 0.29) is 16.8 Å². The fourth-order valence-electron chi connectivity index (χ4n) is 3.84. The molecule has 2 aromatic carbocycles. The first kappa shape index (κ1) is 21.0. The third kappa shape index (κ3) is 3.35. The second kappa shape index (κ2) is 7.81. The van der Waals surface area contributed by atoms with Crippen molar-refractivity contribution in [1.82, 2.24) is 0 Å². The maximum Gasteiger partial charge on any atom is 0.300 e. The number of aliphatic hydroxyl groups excluding tert-OH is 1. The fraction of sp³-hybridized carbons (Fsp3) is 0.167. The molecule has 1 N–H and O–H groups in total. The molecule has 1 saturated heterocycles. The summed E-state index contributed by atoms with van der Waals surface area (Å²) in [5.41, 5.74) is 2.18. The molecule has 1 unspecified atom stereocenters. The number of nitro benzene ring substituents is 1. The number of ketones is 1. The van der Waals surface area contributed by atoms with E-state index in [2.05, 4.69) is 0 Å². The zero-order valence-corrected chi connectivity index (χ0v) is 17.7. The number of aliphatic hydroxyl groups is 1. The fourth-order valence-corrected chi connectivity index (χ4v) is 3.84. The highest BCUT2D eigenvalue weighted by atomic mass is 16.6. The van der Waals surface area contributed by atoms with Gasteiger partial charge in [-0.1, -0.05) is 12.1 Å². The van der Waals surface area contributed by atoms with E-state index in [4.69, 9.17) is 4.42 Å². The van der Waals surface area contributed by atoms with Crippen LogP contribution in [0.25, 0.3) is 5.76 Å². The van der Waals surface area contributed by atoms with E-state index < -0.39 is 28.4 Å². The SMILES string of the molecule is Cc1ccc(C2/C(=C(/O)c3ccc([N+](=O)[O-])cc3)C(=O)C(=O)N2c2cccc(C)c2C)o1. The Kier molecular flexibility index (Phi) is 5.14. The topological polar surface area (TPSA) is 114 Å². The molecular weight excluding hydrogens is 412 g/mol. The molecule has 4 rings (SSSR count). The van der Waals surface area contributed by atoms with Crippen LogP contribution in [0.15, 0.2) is 64.6 Å². The molecule has 2 heterocycles. The van der Waals surface area contributed by atoms with Crippen molar-refractivity contribution in [2.24, 2.45) is 0 Å². The lowest BCUT2D eigenvalue weighted by molar-refractivity contribution is -0.384. The summed E-state index contributed by atoms with van der Waals surface area (Å²) in [6.07, 6.45) is 0. The molecule has 1 aliphatic heterocycles. The number of hydrogen-bond donors (Lipinski definition) is 1. The normalized spacial score (nSPS) is 17.7. The van der Waals surface area contributed by atoms with Gasteiger partial charge in [-0.25, -0.2) is 0 Å². The van der Waals surface area contributed by atoms with Gasteiger partial charge >= 0.3 is 0 Å². The van der Waals surface area contributed by atoms with Crippen molar-refractivity contribution in [1.29, 1.82) is 0 Å². The molecule has 0 saturated carbocycles. The third-order valence-corrected chi connectivity index (χ3v) is 5.66. The molecule has 1 fully saturated rings. The summed E-state index contributed by atoms with van der Waals surface area (Å²) in [4.78, 5) is 38.0. The number of furan rings is 1. The minimum Gasteiger partial charge on any atom is -0.507 e. The predicted octanol–water partition coefficient (Wildman–Crippen LogP) is 4.74. The van der Waals surface area contributed by atoms with E-state index in [9.17, 15) is 24.8 Å². The Balaban J connectivity index is 1.94. The van der Waals surface area contributed by atoms with Crippen molar-refractivity contribution in [3.05, 3.63) is 98.5 Å². The zero-order valence-electron chi connectivity index (χ0n) is 17.7. The van der Waals surface area contributed by atoms with Crippen molar-refractivity contribution < 1.29 is 24.0 Å². The molecule has 0 radical (unpaired) electrons. The van der Waals surface area contributed by atoms with Gasteiger partial charge in [0, 0.05) is 23.4 Å². The van der Waals surface area contributed by atoms with Gasteiger partial charge in [-0.15, -0.1) is 0 Å². The Morgan fingerprint density at radius 3 is 2.31 bits per heavy atom. The van der Waals surface area contributed by atoms with Gasteiger partial charge in [0.25, 0.3) is 17.4 Å². The zero-order chi connectivity index (χ0) is 23.2. The number of anilines is 1. The van der Waals surface area contributed by atoms with E-state index in [1.165, 1.54) is 29.2 Å². The van der Waals surface area contributed by atoms with Crippen molar-refractivity contribution >= 4 is 28.8 Å². The van der Waals surface area contributed by atoms with Crippen LogP contribution in [0.2, 0.25) is 0 Å². The minimum absolute atomic E-state index is 0.140. The van der Waals surface area contributed by atoms with Crippen molar-refractivity contribution in [2.45, 2.75) is 26.8 Å². The van der Waals surface area contributed by atoms with E-state index in [0.29, 0.717) is 17.2 Å². The number of carbonyl (C=O) groups excluding carboxylic acids is 2. The van der Waals surface area contributed by atoms with Crippen LogP contribution in [0, 0.1) is 30.9 Å². The number of benzene rings is 2. The van der Waals surface area contributed by atoms with Crippen LogP contribution < -0.4 is 4.90 Å². The summed E-state index contributed by atoms with van der Waals surface area (Å²) in [5, 5.41) is 22.0.